The lowest BCUT2D eigenvalue weighted by Crippen LogP contribution is -2.49. The molecule has 0 spiro atoms. The van der Waals surface area contributed by atoms with Crippen LogP contribution in [0.15, 0.2) is 18.3 Å². The van der Waals surface area contributed by atoms with Crippen molar-refractivity contribution in [2.45, 2.75) is 32.2 Å². The van der Waals surface area contributed by atoms with Crippen molar-refractivity contribution in [1.82, 2.24) is 10.3 Å². The Morgan fingerprint density at radius 1 is 1.53 bits per heavy atom. The number of pyridine rings is 1. The molecule has 2 N–H and O–H groups in total. The first-order chi connectivity index (χ1) is 8.06. The van der Waals surface area contributed by atoms with Crippen molar-refractivity contribution in [3.8, 4) is 0 Å². The Morgan fingerprint density at radius 2 is 2.24 bits per heavy atom. The van der Waals surface area contributed by atoms with Crippen LogP contribution in [0.1, 0.15) is 32.4 Å². The average molecular weight is 240 g/mol. The monoisotopic (exact) mass is 240 g/mol. The zero-order chi connectivity index (χ0) is 12.9. The summed E-state index contributed by atoms with van der Waals surface area (Å²) in [5.74, 6) is -1.47. The number of aliphatic carboxylic acids is 1. The van der Waals surface area contributed by atoms with Crippen LogP contribution in [0.4, 0.5) is 4.39 Å². The van der Waals surface area contributed by atoms with Crippen molar-refractivity contribution >= 4 is 5.97 Å². The molecule has 1 atom stereocenters. The zero-order valence-electron chi connectivity index (χ0n) is 10.0. The van der Waals surface area contributed by atoms with Gasteiger partial charge in [0.15, 0.2) is 5.54 Å². The van der Waals surface area contributed by atoms with Crippen molar-refractivity contribution in [3.05, 3.63) is 29.8 Å². The number of rotatable bonds is 6. The highest BCUT2D eigenvalue weighted by molar-refractivity contribution is 5.80. The lowest BCUT2D eigenvalue weighted by atomic mass is 9.91. The summed E-state index contributed by atoms with van der Waals surface area (Å²) in [5, 5.41) is 12.4. The van der Waals surface area contributed by atoms with E-state index in [2.05, 4.69) is 10.3 Å². The second kappa shape index (κ2) is 5.72. The maximum atomic E-state index is 12.8. The summed E-state index contributed by atoms with van der Waals surface area (Å²) >= 11 is 0. The van der Waals surface area contributed by atoms with E-state index >= 15 is 0 Å². The minimum absolute atomic E-state index is 0.336. The maximum Gasteiger partial charge on any atom is 0.330 e. The van der Waals surface area contributed by atoms with Crippen LogP contribution in [0.2, 0.25) is 0 Å². The third-order valence-corrected chi connectivity index (χ3v) is 2.74. The van der Waals surface area contributed by atoms with E-state index in [1.165, 1.54) is 12.1 Å². The Labute approximate surface area is 99.9 Å². The zero-order valence-corrected chi connectivity index (χ0v) is 10.0. The van der Waals surface area contributed by atoms with Crippen LogP contribution in [0.25, 0.3) is 0 Å². The van der Waals surface area contributed by atoms with E-state index in [1.54, 1.807) is 6.92 Å². The number of nitrogens with zero attached hydrogens (tertiary/aromatic N) is 1. The first-order valence-electron chi connectivity index (χ1n) is 5.67. The molecule has 0 fully saturated rings. The molecule has 17 heavy (non-hydrogen) atoms. The van der Waals surface area contributed by atoms with Crippen LogP contribution < -0.4 is 5.32 Å². The molecule has 0 bridgehead atoms. The van der Waals surface area contributed by atoms with Crippen molar-refractivity contribution < 1.29 is 14.3 Å². The van der Waals surface area contributed by atoms with E-state index in [1.807, 2.05) is 6.92 Å². The van der Waals surface area contributed by atoms with Gasteiger partial charge >= 0.3 is 5.97 Å². The minimum Gasteiger partial charge on any atom is -0.480 e. The van der Waals surface area contributed by atoms with Crippen LogP contribution >= 0.6 is 0 Å². The summed E-state index contributed by atoms with van der Waals surface area (Å²) in [5.41, 5.74) is -0.897. The molecule has 0 aliphatic heterocycles. The van der Waals surface area contributed by atoms with Crippen molar-refractivity contribution in [1.29, 1.82) is 0 Å². The van der Waals surface area contributed by atoms with E-state index in [4.69, 9.17) is 0 Å². The van der Waals surface area contributed by atoms with E-state index < -0.39 is 17.3 Å². The number of carboxylic acid groups (broad SMARTS) is 1. The minimum atomic E-state index is -1.23. The number of nitrogens with one attached hydrogen (secondary N) is 1. The second-order valence-corrected chi connectivity index (χ2v) is 3.85. The number of carboxylic acids is 1. The predicted octanol–water partition coefficient (Wildman–Crippen LogP) is 1.91. The van der Waals surface area contributed by atoms with Crippen LogP contribution in [0.3, 0.4) is 0 Å². The number of aromatic nitrogens is 1. The lowest BCUT2D eigenvalue weighted by Gasteiger charge is -2.28. The van der Waals surface area contributed by atoms with E-state index in [9.17, 15) is 14.3 Å². The summed E-state index contributed by atoms with van der Waals surface area (Å²) in [6.45, 7) is 4.29. The smallest absolute Gasteiger partial charge is 0.330 e. The standard InChI is InChI=1S/C12H17FN2O2/c1-3-7-15-12(4-2,11(16)17)10-6-5-9(13)8-14-10/h5-6,8,15H,3-4,7H2,1-2H3,(H,16,17). The molecule has 1 unspecified atom stereocenters. The Hall–Kier alpha value is -1.49. The van der Waals surface area contributed by atoms with Crippen LogP contribution in [0, 0.1) is 5.82 Å². The molecule has 0 aromatic carbocycles. The normalized spacial score (nSPS) is 14.3. The SMILES string of the molecule is CCCNC(CC)(C(=O)O)c1ccc(F)cn1. The molecule has 4 nitrogen and oxygen atoms in total. The molecule has 1 aromatic rings. The van der Waals surface area contributed by atoms with Crippen molar-refractivity contribution in [2.75, 3.05) is 6.54 Å². The third kappa shape index (κ3) is 2.79. The fraction of sp³-hybridized carbons (Fsp3) is 0.500. The Balaban J connectivity index is 3.12. The number of hydrogen-bond acceptors (Lipinski definition) is 3. The van der Waals surface area contributed by atoms with Gasteiger partial charge < -0.3 is 5.11 Å². The molecule has 0 radical (unpaired) electrons. The molecule has 0 saturated carbocycles. The molecule has 0 aliphatic carbocycles. The Morgan fingerprint density at radius 3 is 2.65 bits per heavy atom. The molecule has 1 rings (SSSR count). The molecule has 0 amide bonds. The summed E-state index contributed by atoms with van der Waals surface area (Å²) < 4.78 is 12.8. The van der Waals surface area contributed by atoms with Gasteiger partial charge in [-0.2, -0.15) is 0 Å². The van der Waals surface area contributed by atoms with E-state index in [0.29, 0.717) is 18.7 Å². The van der Waals surface area contributed by atoms with Gasteiger partial charge in [0.25, 0.3) is 0 Å². The van der Waals surface area contributed by atoms with E-state index in [0.717, 1.165) is 12.6 Å². The highest BCUT2D eigenvalue weighted by Gasteiger charge is 2.39. The summed E-state index contributed by atoms with van der Waals surface area (Å²) in [6, 6.07) is 2.64. The third-order valence-electron chi connectivity index (χ3n) is 2.74. The van der Waals surface area contributed by atoms with E-state index in [-0.39, 0.29) is 0 Å². The van der Waals surface area contributed by atoms with Gasteiger partial charge in [-0.25, -0.2) is 9.18 Å². The summed E-state index contributed by atoms with van der Waals surface area (Å²) in [7, 11) is 0. The lowest BCUT2D eigenvalue weighted by molar-refractivity contribution is -0.145. The highest BCUT2D eigenvalue weighted by atomic mass is 19.1. The van der Waals surface area contributed by atoms with Crippen LogP contribution in [-0.4, -0.2) is 22.6 Å². The van der Waals surface area contributed by atoms with Crippen LogP contribution in [0.5, 0.6) is 0 Å². The quantitative estimate of drug-likeness (QED) is 0.797. The van der Waals surface area contributed by atoms with Gasteiger partial charge in [0.1, 0.15) is 5.82 Å². The van der Waals surface area contributed by atoms with Gasteiger partial charge in [-0.3, -0.25) is 10.3 Å². The summed E-state index contributed by atoms with van der Waals surface area (Å²) in [4.78, 5) is 15.3. The average Bonchev–Trinajstić information content (AvgIpc) is 2.32. The molecule has 0 saturated heterocycles. The fourth-order valence-electron chi connectivity index (χ4n) is 1.70. The van der Waals surface area contributed by atoms with Gasteiger partial charge in [0, 0.05) is 0 Å². The number of hydrogen-bond donors (Lipinski definition) is 2. The topological polar surface area (TPSA) is 62.2 Å². The molecule has 1 aromatic heterocycles. The summed E-state index contributed by atoms with van der Waals surface area (Å²) in [6.07, 6.45) is 2.20. The van der Waals surface area contributed by atoms with Crippen LogP contribution in [-0.2, 0) is 10.3 Å². The van der Waals surface area contributed by atoms with Gasteiger partial charge in [0.2, 0.25) is 0 Å². The first kappa shape index (κ1) is 13.6. The van der Waals surface area contributed by atoms with Crippen molar-refractivity contribution in [2.24, 2.45) is 0 Å². The van der Waals surface area contributed by atoms with Gasteiger partial charge in [-0.05, 0) is 31.5 Å². The highest BCUT2D eigenvalue weighted by Crippen LogP contribution is 2.23. The largest absolute Gasteiger partial charge is 0.480 e. The molecule has 94 valence electrons. The Bertz CT molecular complexity index is 381. The van der Waals surface area contributed by atoms with Gasteiger partial charge in [0.05, 0.1) is 11.9 Å². The van der Waals surface area contributed by atoms with Gasteiger partial charge in [-0.1, -0.05) is 13.8 Å². The second-order valence-electron chi connectivity index (χ2n) is 3.85. The molecule has 5 heteroatoms. The maximum absolute atomic E-state index is 12.8. The van der Waals surface area contributed by atoms with Gasteiger partial charge in [-0.15, -0.1) is 0 Å². The number of carbonyl (C=O) groups is 1. The molecular formula is C12H17FN2O2. The molecule has 1 heterocycles. The Kier molecular flexibility index (Phi) is 4.57. The number of halogens is 1. The fourth-order valence-corrected chi connectivity index (χ4v) is 1.70. The predicted molar refractivity (Wildman–Crippen MR) is 62.1 cm³/mol. The first-order valence-corrected chi connectivity index (χ1v) is 5.67. The molecular weight excluding hydrogens is 223 g/mol. The van der Waals surface area contributed by atoms with Crippen molar-refractivity contribution in [3.63, 3.8) is 0 Å². The molecule has 0 aliphatic rings.